The first kappa shape index (κ1) is 9.73. The molecule has 2 unspecified atom stereocenters. The van der Waals surface area contributed by atoms with Crippen LogP contribution in [0.4, 0.5) is 0 Å². The second-order valence-electron chi connectivity index (χ2n) is 4.02. The van der Waals surface area contributed by atoms with Crippen molar-refractivity contribution in [1.29, 1.82) is 0 Å². The number of ketones is 1. The Kier molecular flexibility index (Phi) is 2.14. The number of allylic oxidation sites excluding steroid dienone is 5. The molecule has 1 heterocycles. The lowest BCUT2D eigenvalue weighted by molar-refractivity contribution is -0.113. The SMILES string of the molecule is O=C1C=CC2=C(C=C3C=CC=CC3N2)C1S. The van der Waals surface area contributed by atoms with Gasteiger partial charge < -0.3 is 5.32 Å². The third-order valence-corrected chi connectivity index (χ3v) is 3.52. The van der Waals surface area contributed by atoms with Crippen molar-refractivity contribution in [3.8, 4) is 0 Å². The molecule has 0 bridgehead atoms. The van der Waals surface area contributed by atoms with E-state index < -0.39 is 0 Å². The Morgan fingerprint density at radius 2 is 2.06 bits per heavy atom. The van der Waals surface area contributed by atoms with Gasteiger partial charge in [-0.05, 0) is 29.4 Å². The normalized spacial score (nSPS) is 30.8. The third kappa shape index (κ3) is 1.39. The second-order valence-corrected chi connectivity index (χ2v) is 4.53. The summed E-state index contributed by atoms with van der Waals surface area (Å²) in [6.07, 6.45) is 13.7. The van der Waals surface area contributed by atoms with Crippen LogP contribution in [0, 0.1) is 0 Å². The molecule has 0 radical (unpaired) electrons. The van der Waals surface area contributed by atoms with E-state index in [9.17, 15) is 4.79 Å². The lowest BCUT2D eigenvalue weighted by atomic mass is 9.90. The van der Waals surface area contributed by atoms with Crippen LogP contribution in [0.2, 0.25) is 0 Å². The fraction of sp³-hybridized carbons (Fsp3) is 0.154. The maximum absolute atomic E-state index is 11.5. The highest BCUT2D eigenvalue weighted by Crippen LogP contribution is 2.29. The van der Waals surface area contributed by atoms with Crippen molar-refractivity contribution >= 4 is 18.4 Å². The van der Waals surface area contributed by atoms with Crippen LogP contribution in [0.1, 0.15) is 0 Å². The van der Waals surface area contributed by atoms with Gasteiger partial charge in [0.2, 0.25) is 0 Å². The third-order valence-electron chi connectivity index (χ3n) is 2.98. The minimum atomic E-state index is -0.333. The molecule has 80 valence electrons. The largest absolute Gasteiger partial charge is 0.374 e. The highest BCUT2D eigenvalue weighted by atomic mass is 32.1. The van der Waals surface area contributed by atoms with Gasteiger partial charge in [0, 0.05) is 5.70 Å². The summed E-state index contributed by atoms with van der Waals surface area (Å²) in [5.74, 6) is 0.0505. The van der Waals surface area contributed by atoms with E-state index in [0.29, 0.717) is 0 Å². The molecule has 0 spiro atoms. The van der Waals surface area contributed by atoms with E-state index in [1.807, 2.05) is 18.2 Å². The van der Waals surface area contributed by atoms with Crippen LogP contribution in [0.15, 0.2) is 59.4 Å². The van der Waals surface area contributed by atoms with Crippen molar-refractivity contribution in [3.05, 3.63) is 59.4 Å². The molecular formula is C13H11NOS. The first-order valence-electron chi connectivity index (χ1n) is 5.23. The van der Waals surface area contributed by atoms with Crippen LogP contribution < -0.4 is 5.32 Å². The molecule has 16 heavy (non-hydrogen) atoms. The van der Waals surface area contributed by atoms with Crippen LogP contribution in [0.5, 0.6) is 0 Å². The maximum atomic E-state index is 11.5. The number of rotatable bonds is 0. The number of hydrogen-bond acceptors (Lipinski definition) is 3. The molecule has 3 heteroatoms. The first-order valence-corrected chi connectivity index (χ1v) is 5.74. The summed E-state index contributed by atoms with van der Waals surface area (Å²) in [6, 6.07) is 0.224. The highest BCUT2D eigenvalue weighted by molar-refractivity contribution is 7.82. The van der Waals surface area contributed by atoms with Crippen molar-refractivity contribution in [2.24, 2.45) is 0 Å². The van der Waals surface area contributed by atoms with Crippen LogP contribution in [-0.2, 0) is 4.79 Å². The van der Waals surface area contributed by atoms with Crippen LogP contribution in [0.25, 0.3) is 0 Å². The van der Waals surface area contributed by atoms with Crippen LogP contribution >= 0.6 is 12.6 Å². The smallest absolute Gasteiger partial charge is 0.172 e. The summed E-state index contributed by atoms with van der Waals surface area (Å²) in [4.78, 5) is 11.5. The number of carbonyl (C=O) groups excluding carboxylic acids is 1. The molecule has 2 atom stereocenters. The molecule has 2 aliphatic carbocycles. The quantitative estimate of drug-likeness (QED) is 0.619. The van der Waals surface area contributed by atoms with E-state index in [4.69, 9.17) is 0 Å². The number of fused-ring (bicyclic) bond motifs is 1. The Labute approximate surface area is 99.5 Å². The predicted molar refractivity (Wildman–Crippen MR) is 67.2 cm³/mol. The molecule has 0 aromatic rings. The van der Waals surface area contributed by atoms with Gasteiger partial charge in [-0.25, -0.2) is 0 Å². The Balaban J connectivity index is 2.06. The van der Waals surface area contributed by atoms with Gasteiger partial charge in [-0.3, -0.25) is 4.79 Å². The van der Waals surface area contributed by atoms with Gasteiger partial charge in [-0.1, -0.05) is 24.3 Å². The van der Waals surface area contributed by atoms with Crippen molar-refractivity contribution in [2.75, 3.05) is 0 Å². The van der Waals surface area contributed by atoms with E-state index >= 15 is 0 Å². The molecule has 1 N–H and O–H groups in total. The summed E-state index contributed by atoms with van der Waals surface area (Å²) in [5, 5.41) is 3.06. The first-order chi connectivity index (χ1) is 7.75. The fourth-order valence-corrected chi connectivity index (χ4v) is 2.41. The van der Waals surface area contributed by atoms with E-state index in [1.54, 1.807) is 6.08 Å². The van der Waals surface area contributed by atoms with Gasteiger partial charge in [0.25, 0.3) is 0 Å². The number of thiol groups is 1. The van der Waals surface area contributed by atoms with Crippen LogP contribution in [0.3, 0.4) is 0 Å². The molecule has 3 aliphatic rings. The Morgan fingerprint density at radius 1 is 1.19 bits per heavy atom. The predicted octanol–water partition coefficient (Wildman–Crippen LogP) is 1.70. The number of carbonyl (C=O) groups is 1. The summed E-state index contributed by atoms with van der Waals surface area (Å²) in [7, 11) is 0. The standard InChI is InChI=1S/C13H11NOS/c15-12-6-5-11-9(13(12)16)7-8-3-1-2-4-10(8)14-11/h1-7,10,13-14,16H. The van der Waals surface area contributed by atoms with Gasteiger partial charge in [-0.15, -0.1) is 0 Å². The van der Waals surface area contributed by atoms with Crippen LogP contribution in [-0.4, -0.2) is 17.1 Å². The number of dihydropyridines is 1. The molecule has 1 aliphatic heterocycles. The fourth-order valence-electron chi connectivity index (χ4n) is 2.11. The number of nitrogens with one attached hydrogen (secondary N) is 1. The summed E-state index contributed by atoms with van der Waals surface area (Å²) >= 11 is 4.35. The van der Waals surface area contributed by atoms with Gasteiger partial charge in [0.1, 0.15) is 0 Å². The molecule has 2 nitrogen and oxygen atoms in total. The van der Waals surface area contributed by atoms with E-state index in [-0.39, 0.29) is 17.1 Å². The molecular weight excluding hydrogens is 218 g/mol. The molecule has 0 saturated carbocycles. The van der Waals surface area contributed by atoms with Gasteiger partial charge in [-0.2, -0.15) is 12.6 Å². The zero-order valence-electron chi connectivity index (χ0n) is 8.55. The summed E-state index contributed by atoms with van der Waals surface area (Å²) < 4.78 is 0. The zero-order valence-corrected chi connectivity index (χ0v) is 9.45. The molecule has 0 fully saturated rings. The molecule has 0 aromatic heterocycles. The van der Waals surface area contributed by atoms with E-state index in [1.165, 1.54) is 5.57 Å². The second kappa shape index (κ2) is 3.52. The minimum Gasteiger partial charge on any atom is -0.374 e. The number of hydrogen-bond donors (Lipinski definition) is 2. The molecule has 0 saturated heterocycles. The zero-order chi connectivity index (χ0) is 11.1. The maximum Gasteiger partial charge on any atom is 0.172 e. The Hall–Kier alpha value is -1.48. The van der Waals surface area contributed by atoms with Crippen molar-refractivity contribution in [1.82, 2.24) is 5.32 Å². The van der Waals surface area contributed by atoms with E-state index in [0.717, 1.165) is 11.3 Å². The Bertz CT molecular complexity index is 508. The molecule has 3 rings (SSSR count). The van der Waals surface area contributed by atoms with Crippen molar-refractivity contribution in [3.63, 3.8) is 0 Å². The monoisotopic (exact) mass is 229 g/mol. The minimum absolute atomic E-state index is 0.0505. The lowest BCUT2D eigenvalue weighted by Crippen LogP contribution is -2.36. The lowest BCUT2D eigenvalue weighted by Gasteiger charge is -2.30. The highest BCUT2D eigenvalue weighted by Gasteiger charge is 2.27. The molecule has 0 amide bonds. The molecule has 0 aromatic carbocycles. The van der Waals surface area contributed by atoms with Gasteiger partial charge in [0.15, 0.2) is 5.78 Å². The van der Waals surface area contributed by atoms with Gasteiger partial charge >= 0.3 is 0 Å². The Morgan fingerprint density at radius 3 is 2.94 bits per heavy atom. The average Bonchev–Trinajstić information content (AvgIpc) is 2.32. The van der Waals surface area contributed by atoms with Crippen molar-refractivity contribution in [2.45, 2.75) is 11.3 Å². The summed E-state index contributed by atoms with van der Waals surface area (Å²) in [5.41, 5.74) is 3.17. The van der Waals surface area contributed by atoms with Gasteiger partial charge in [0.05, 0.1) is 11.3 Å². The van der Waals surface area contributed by atoms with E-state index in [2.05, 4.69) is 36.2 Å². The summed E-state index contributed by atoms with van der Waals surface area (Å²) in [6.45, 7) is 0. The topological polar surface area (TPSA) is 29.1 Å². The average molecular weight is 229 g/mol. The van der Waals surface area contributed by atoms with Crippen molar-refractivity contribution < 1.29 is 4.79 Å².